The van der Waals surface area contributed by atoms with Crippen LogP contribution in [-0.2, 0) is 14.3 Å². The number of amides is 1. The van der Waals surface area contributed by atoms with Gasteiger partial charge in [-0.25, -0.2) is 0 Å². The maximum absolute atomic E-state index is 13.1. The van der Waals surface area contributed by atoms with Crippen LogP contribution in [0.3, 0.4) is 0 Å². The number of hydrogen-bond acceptors (Lipinski definition) is 5. The average molecular weight is 696 g/mol. The average Bonchev–Trinajstić information content (AvgIpc) is 3.09. The van der Waals surface area contributed by atoms with Gasteiger partial charge in [0.15, 0.2) is 0 Å². The molecule has 0 aliphatic carbocycles. The molecule has 0 fully saturated rings. The minimum atomic E-state index is -0.776. The van der Waals surface area contributed by atoms with Gasteiger partial charge >= 0.3 is 5.97 Å². The van der Waals surface area contributed by atoms with Gasteiger partial charge in [-0.05, 0) is 25.7 Å². The van der Waals surface area contributed by atoms with Gasteiger partial charge in [-0.2, -0.15) is 0 Å². The fraction of sp³-hybridized carbons (Fsp3) is 0.953. The topological polar surface area (TPSA) is 95.9 Å². The Kier molecular flexibility index (Phi) is 37.2. The summed E-state index contributed by atoms with van der Waals surface area (Å²) in [5, 5.41) is 23.6. The monoisotopic (exact) mass is 696 g/mol. The van der Waals surface area contributed by atoms with Gasteiger partial charge in [-0.1, -0.05) is 201 Å². The van der Waals surface area contributed by atoms with Crippen molar-refractivity contribution in [1.29, 1.82) is 0 Å². The first-order valence-electron chi connectivity index (χ1n) is 21.8. The van der Waals surface area contributed by atoms with Crippen LogP contribution in [0.4, 0.5) is 0 Å². The van der Waals surface area contributed by atoms with Crippen LogP contribution in [0.1, 0.15) is 239 Å². The SMILES string of the molecule is CCCCCCCCCCCCCC(O)C(CO)NC(=O)CC(CCCCCCCCCCCC)OC(=O)CCCCCCCCCCC. The number of nitrogens with one attached hydrogen (secondary N) is 1. The summed E-state index contributed by atoms with van der Waals surface area (Å²) < 4.78 is 5.87. The van der Waals surface area contributed by atoms with Gasteiger partial charge < -0.3 is 20.3 Å². The van der Waals surface area contributed by atoms with Crippen LogP contribution >= 0.6 is 0 Å². The first-order valence-corrected chi connectivity index (χ1v) is 21.8. The van der Waals surface area contributed by atoms with E-state index in [4.69, 9.17) is 4.74 Å². The zero-order valence-corrected chi connectivity index (χ0v) is 33.1. The zero-order chi connectivity index (χ0) is 36.0. The molecule has 0 heterocycles. The lowest BCUT2D eigenvalue weighted by Gasteiger charge is -2.24. The number of aliphatic hydroxyl groups excluding tert-OH is 2. The molecule has 0 radical (unpaired) electrons. The molecule has 0 spiro atoms. The van der Waals surface area contributed by atoms with Crippen LogP contribution in [0, 0.1) is 0 Å². The van der Waals surface area contributed by atoms with Crippen LogP contribution in [0.2, 0.25) is 0 Å². The number of ether oxygens (including phenoxy) is 1. The fourth-order valence-electron chi connectivity index (χ4n) is 6.84. The third kappa shape index (κ3) is 33.7. The summed E-state index contributed by atoms with van der Waals surface area (Å²) in [7, 11) is 0. The molecule has 0 aromatic rings. The highest BCUT2D eigenvalue weighted by Crippen LogP contribution is 2.18. The molecule has 0 aliphatic rings. The van der Waals surface area contributed by atoms with Crippen molar-refractivity contribution >= 4 is 11.9 Å². The van der Waals surface area contributed by atoms with Crippen LogP contribution in [-0.4, -0.2) is 46.9 Å². The van der Waals surface area contributed by atoms with Crippen LogP contribution in [0.5, 0.6) is 0 Å². The Labute approximate surface area is 305 Å². The van der Waals surface area contributed by atoms with Crippen molar-refractivity contribution in [3.05, 3.63) is 0 Å². The molecule has 3 N–H and O–H groups in total. The van der Waals surface area contributed by atoms with E-state index in [0.717, 1.165) is 44.9 Å². The highest BCUT2D eigenvalue weighted by molar-refractivity contribution is 5.77. The smallest absolute Gasteiger partial charge is 0.306 e. The van der Waals surface area contributed by atoms with Gasteiger partial charge in [-0.3, -0.25) is 9.59 Å². The maximum atomic E-state index is 13.1. The Hall–Kier alpha value is -1.14. The highest BCUT2D eigenvalue weighted by atomic mass is 16.5. The van der Waals surface area contributed by atoms with E-state index in [1.807, 2.05) is 0 Å². The van der Waals surface area contributed by atoms with Gasteiger partial charge in [0, 0.05) is 6.42 Å². The predicted octanol–water partition coefficient (Wildman–Crippen LogP) is 12.1. The van der Waals surface area contributed by atoms with Crippen molar-refractivity contribution in [3.8, 4) is 0 Å². The molecule has 0 saturated heterocycles. The third-order valence-electron chi connectivity index (χ3n) is 10.2. The van der Waals surface area contributed by atoms with Gasteiger partial charge in [0.05, 0.1) is 25.2 Å². The number of esters is 1. The number of carbonyl (C=O) groups is 2. The lowest BCUT2D eigenvalue weighted by atomic mass is 10.0. The number of rotatable bonds is 39. The molecule has 0 aromatic carbocycles. The molecular formula is C43H85NO5. The second-order valence-electron chi connectivity index (χ2n) is 15.1. The summed E-state index contributed by atoms with van der Waals surface area (Å²) in [5.41, 5.74) is 0. The summed E-state index contributed by atoms with van der Waals surface area (Å²) in [4.78, 5) is 25.8. The van der Waals surface area contributed by atoms with Gasteiger partial charge in [0.2, 0.25) is 5.91 Å². The molecule has 3 atom stereocenters. The van der Waals surface area contributed by atoms with E-state index >= 15 is 0 Å². The van der Waals surface area contributed by atoms with Crippen LogP contribution in [0.25, 0.3) is 0 Å². The molecule has 6 heteroatoms. The standard InChI is InChI=1S/C43H85NO5/c1-4-7-10-13-16-19-21-24-26-29-32-35-41(46)40(38-45)44-42(47)37-39(34-31-28-25-23-20-17-14-11-8-5-2)49-43(48)36-33-30-27-22-18-15-12-9-6-3/h39-41,45-46H,4-38H2,1-3H3,(H,44,47). The third-order valence-corrected chi connectivity index (χ3v) is 10.2. The first kappa shape index (κ1) is 47.9. The van der Waals surface area contributed by atoms with Crippen LogP contribution in [0.15, 0.2) is 0 Å². The van der Waals surface area contributed by atoms with Crippen molar-refractivity contribution in [2.24, 2.45) is 0 Å². The Morgan fingerprint density at radius 1 is 0.510 bits per heavy atom. The lowest BCUT2D eigenvalue weighted by Crippen LogP contribution is -2.46. The molecule has 0 rings (SSSR count). The van der Waals surface area contributed by atoms with Crippen molar-refractivity contribution in [2.45, 2.75) is 257 Å². The predicted molar refractivity (Wildman–Crippen MR) is 209 cm³/mol. The molecule has 0 saturated carbocycles. The largest absolute Gasteiger partial charge is 0.462 e. The molecule has 0 bridgehead atoms. The molecule has 6 nitrogen and oxygen atoms in total. The first-order chi connectivity index (χ1) is 24.0. The number of carbonyl (C=O) groups excluding carboxylic acids is 2. The van der Waals surface area contributed by atoms with Gasteiger partial charge in [0.1, 0.15) is 6.10 Å². The van der Waals surface area contributed by atoms with Gasteiger partial charge in [-0.15, -0.1) is 0 Å². The molecule has 292 valence electrons. The van der Waals surface area contributed by atoms with E-state index in [1.165, 1.54) is 148 Å². The zero-order valence-electron chi connectivity index (χ0n) is 33.1. The fourth-order valence-corrected chi connectivity index (χ4v) is 6.84. The maximum Gasteiger partial charge on any atom is 0.306 e. The number of unbranched alkanes of at least 4 members (excludes halogenated alkanes) is 27. The van der Waals surface area contributed by atoms with Crippen molar-refractivity contribution in [3.63, 3.8) is 0 Å². The molecule has 0 aliphatic heterocycles. The number of aliphatic hydroxyl groups is 2. The Morgan fingerprint density at radius 2 is 0.857 bits per heavy atom. The van der Waals surface area contributed by atoms with Crippen molar-refractivity contribution in [2.75, 3.05) is 6.61 Å². The van der Waals surface area contributed by atoms with Gasteiger partial charge in [0.25, 0.3) is 0 Å². The number of hydrogen-bond donors (Lipinski definition) is 3. The Morgan fingerprint density at radius 3 is 1.24 bits per heavy atom. The Bertz CT molecular complexity index is 702. The van der Waals surface area contributed by atoms with E-state index in [9.17, 15) is 19.8 Å². The summed E-state index contributed by atoms with van der Waals surface area (Å²) >= 11 is 0. The van der Waals surface area contributed by atoms with Crippen molar-refractivity contribution < 1.29 is 24.5 Å². The molecule has 1 amide bonds. The minimum absolute atomic E-state index is 0.0859. The van der Waals surface area contributed by atoms with E-state index in [2.05, 4.69) is 26.1 Å². The second kappa shape index (κ2) is 38.1. The normalized spacial score (nSPS) is 13.3. The quantitative estimate of drug-likeness (QED) is 0.0439. The summed E-state index contributed by atoms with van der Waals surface area (Å²) in [6, 6.07) is -0.689. The molecule has 0 aromatic heterocycles. The van der Waals surface area contributed by atoms with E-state index in [1.54, 1.807) is 0 Å². The van der Waals surface area contributed by atoms with E-state index < -0.39 is 18.2 Å². The van der Waals surface area contributed by atoms with E-state index in [-0.39, 0.29) is 24.9 Å². The molecule has 49 heavy (non-hydrogen) atoms. The molecule has 3 unspecified atom stereocenters. The summed E-state index contributed by atoms with van der Waals surface area (Å²) in [5.74, 6) is -0.465. The minimum Gasteiger partial charge on any atom is -0.462 e. The summed E-state index contributed by atoms with van der Waals surface area (Å²) in [6.07, 6.45) is 37.3. The second-order valence-corrected chi connectivity index (χ2v) is 15.1. The summed E-state index contributed by atoms with van der Waals surface area (Å²) in [6.45, 7) is 6.44. The van der Waals surface area contributed by atoms with Crippen LogP contribution < -0.4 is 5.32 Å². The van der Waals surface area contributed by atoms with E-state index in [0.29, 0.717) is 19.3 Å². The van der Waals surface area contributed by atoms with Crippen molar-refractivity contribution in [1.82, 2.24) is 5.32 Å². The Balaban J connectivity index is 4.53. The highest BCUT2D eigenvalue weighted by Gasteiger charge is 2.24. The lowest BCUT2D eigenvalue weighted by molar-refractivity contribution is -0.151. The molecular weight excluding hydrogens is 610 g/mol.